The van der Waals surface area contributed by atoms with Gasteiger partial charge in [-0.15, -0.1) is 11.8 Å². The van der Waals surface area contributed by atoms with E-state index in [0.29, 0.717) is 5.13 Å². The number of thiazole rings is 1. The molecule has 0 bridgehead atoms. The molecule has 17 heavy (non-hydrogen) atoms. The number of hydrogen-bond acceptors (Lipinski definition) is 5. The molecule has 1 amide bonds. The molecule has 1 aliphatic heterocycles. The van der Waals surface area contributed by atoms with E-state index in [2.05, 4.69) is 22.1 Å². The lowest BCUT2D eigenvalue weighted by molar-refractivity contribution is -0.115. The predicted octanol–water partition coefficient (Wildman–Crippen LogP) is 1.32. The van der Waals surface area contributed by atoms with Gasteiger partial charge in [0.2, 0.25) is 5.91 Å². The molecule has 1 saturated heterocycles. The summed E-state index contributed by atoms with van der Waals surface area (Å²) in [6.07, 6.45) is 3.65. The summed E-state index contributed by atoms with van der Waals surface area (Å²) >= 11 is 3.02. The molecule has 2 heterocycles. The van der Waals surface area contributed by atoms with Crippen LogP contribution >= 0.6 is 23.1 Å². The molecule has 90 valence electrons. The Bertz CT molecular complexity index is 456. The maximum atomic E-state index is 11.8. The second kappa shape index (κ2) is 6.05. The summed E-state index contributed by atoms with van der Waals surface area (Å²) in [5, 5.41) is 12.0. The topological polar surface area (TPSA) is 62.2 Å². The Morgan fingerprint density at radius 1 is 1.71 bits per heavy atom. The Hall–Kier alpha value is -1.03. The highest BCUT2D eigenvalue weighted by Crippen LogP contribution is 2.27. The zero-order chi connectivity index (χ0) is 12.1. The van der Waals surface area contributed by atoms with Crippen molar-refractivity contribution in [2.45, 2.75) is 18.1 Å². The van der Waals surface area contributed by atoms with Crippen molar-refractivity contribution in [3.63, 3.8) is 0 Å². The first-order valence-electron chi connectivity index (χ1n) is 5.27. The highest BCUT2D eigenvalue weighted by molar-refractivity contribution is 8.00. The van der Waals surface area contributed by atoms with Gasteiger partial charge in [-0.1, -0.05) is 23.2 Å². The van der Waals surface area contributed by atoms with E-state index in [1.807, 2.05) is 0 Å². The minimum Gasteiger partial charge on any atom is -0.384 e. The number of aliphatic hydroxyl groups excluding tert-OH is 1. The fourth-order valence-corrected chi connectivity index (χ4v) is 3.34. The van der Waals surface area contributed by atoms with E-state index in [-0.39, 0.29) is 17.8 Å². The lowest BCUT2D eigenvalue weighted by Crippen LogP contribution is -2.22. The van der Waals surface area contributed by atoms with Crippen molar-refractivity contribution >= 4 is 34.1 Å². The van der Waals surface area contributed by atoms with E-state index in [0.717, 1.165) is 23.5 Å². The van der Waals surface area contributed by atoms with Crippen molar-refractivity contribution in [1.82, 2.24) is 4.98 Å². The predicted molar refractivity (Wildman–Crippen MR) is 70.2 cm³/mol. The van der Waals surface area contributed by atoms with Gasteiger partial charge in [-0.25, -0.2) is 4.98 Å². The van der Waals surface area contributed by atoms with Gasteiger partial charge in [0.25, 0.3) is 0 Å². The molecule has 1 aromatic heterocycles. The van der Waals surface area contributed by atoms with Crippen LogP contribution in [0.4, 0.5) is 5.13 Å². The van der Waals surface area contributed by atoms with E-state index in [1.165, 1.54) is 11.3 Å². The number of nitrogens with zero attached hydrogens (tertiary/aromatic N) is 1. The molecular formula is C11H12N2O2S2. The SMILES string of the molecule is O=C(Nc1ncc(C#CCO)s1)C1CCCS1. The number of rotatable bonds is 2. The van der Waals surface area contributed by atoms with E-state index in [1.54, 1.807) is 18.0 Å². The van der Waals surface area contributed by atoms with Crippen molar-refractivity contribution in [3.05, 3.63) is 11.1 Å². The lowest BCUT2D eigenvalue weighted by atomic mass is 10.2. The van der Waals surface area contributed by atoms with Crippen LogP contribution < -0.4 is 5.32 Å². The first-order chi connectivity index (χ1) is 8.29. The first-order valence-corrected chi connectivity index (χ1v) is 7.14. The van der Waals surface area contributed by atoms with Crippen molar-refractivity contribution in [2.24, 2.45) is 0 Å². The maximum Gasteiger partial charge on any atom is 0.239 e. The Balaban J connectivity index is 1.94. The van der Waals surface area contributed by atoms with Crippen LogP contribution in [0.3, 0.4) is 0 Å². The van der Waals surface area contributed by atoms with Crippen molar-refractivity contribution < 1.29 is 9.90 Å². The molecular weight excluding hydrogens is 256 g/mol. The number of thioether (sulfide) groups is 1. The molecule has 6 heteroatoms. The Labute approximate surface area is 108 Å². The molecule has 1 unspecified atom stereocenters. The number of aromatic nitrogens is 1. The van der Waals surface area contributed by atoms with Crippen LogP contribution in [-0.2, 0) is 4.79 Å². The van der Waals surface area contributed by atoms with E-state index in [4.69, 9.17) is 5.11 Å². The van der Waals surface area contributed by atoms with Crippen LogP contribution in [0.5, 0.6) is 0 Å². The van der Waals surface area contributed by atoms with Gasteiger partial charge in [-0.3, -0.25) is 4.79 Å². The summed E-state index contributed by atoms with van der Waals surface area (Å²) in [5.41, 5.74) is 0. The van der Waals surface area contributed by atoms with Gasteiger partial charge in [0, 0.05) is 0 Å². The molecule has 0 spiro atoms. The number of hydrogen-bond donors (Lipinski definition) is 2. The molecule has 1 aliphatic rings. The molecule has 1 aromatic rings. The van der Waals surface area contributed by atoms with Crippen molar-refractivity contribution in [1.29, 1.82) is 0 Å². The number of amides is 1. The molecule has 2 N–H and O–H groups in total. The van der Waals surface area contributed by atoms with E-state index in [9.17, 15) is 4.79 Å². The van der Waals surface area contributed by atoms with E-state index >= 15 is 0 Å². The van der Waals surface area contributed by atoms with Gasteiger partial charge in [0.1, 0.15) is 6.61 Å². The number of anilines is 1. The van der Waals surface area contributed by atoms with Gasteiger partial charge >= 0.3 is 0 Å². The van der Waals surface area contributed by atoms with E-state index < -0.39 is 0 Å². The standard InChI is InChI=1S/C11H12N2O2S2/c14-5-1-3-8-7-12-11(17-8)13-10(15)9-4-2-6-16-9/h7,9,14H,2,4-6H2,(H,12,13,15). The summed E-state index contributed by atoms with van der Waals surface area (Å²) in [4.78, 5) is 16.6. The summed E-state index contributed by atoms with van der Waals surface area (Å²) in [6.45, 7) is -0.168. The van der Waals surface area contributed by atoms with Crippen LogP contribution in [0, 0.1) is 11.8 Å². The van der Waals surface area contributed by atoms with Gasteiger partial charge in [-0.05, 0) is 18.6 Å². The average Bonchev–Trinajstić information content (AvgIpc) is 2.97. The summed E-state index contributed by atoms with van der Waals surface area (Å²) in [5.74, 6) is 6.39. The normalized spacial score (nSPS) is 18.5. The number of nitrogens with one attached hydrogen (secondary N) is 1. The summed E-state index contributed by atoms with van der Waals surface area (Å²) in [6, 6.07) is 0. The summed E-state index contributed by atoms with van der Waals surface area (Å²) < 4.78 is 0. The number of carbonyl (C=O) groups is 1. The minimum atomic E-state index is -0.168. The highest BCUT2D eigenvalue weighted by atomic mass is 32.2. The smallest absolute Gasteiger partial charge is 0.239 e. The molecule has 0 aromatic carbocycles. The second-order valence-corrected chi connectivity index (χ2v) is 5.82. The first kappa shape index (κ1) is 12.4. The summed E-state index contributed by atoms with van der Waals surface area (Å²) in [7, 11) is 0. The number of carbonyl (C=O) groups excluding carboxylic acids is 1. The minimum absolute atomic E-state index is 0.0310. The largest absolute Gasteiger partial charge is 0.384 e. The number of aliphatic hydroxyl groups is 1. The molecule has 4 nitrogen and oxygen atoms in total. The van der Waals surface area contributed by atoms with Crippen molar-refractivity contribution in [3.8, 4) is 11.8 Å². The lowest BCUT2D eigenvalue weighted by Gasteiger charge is -2.06. The molecule has 1 fully saturated rings. The monoisotopic (exact) mass is 268 g/mol. The fourth-order valence-electron chi connectivity index (χ4n) is 1.49. The Morgan fingerprint density at radius 3 is 3.29 bits per heavy atom. The molecule has 0 radical (unpaired) electrons. The van der Waals surface area contributed by atoms with Gasteiger partial charge in [0.15, 0.2) is 5.13 Å². The van der Waals surface area contributed by atoms with Crippen LogP contribution in [0.2, 0.25) is 0 Å². The molecule has 2 rings (SSSR count). The third-order valence-corrected chi connectivity index (χ3v) is 4.45. The Morgan fingerprint density at radius 2 is 2.59 bits per heavy atom. The average molecular weight is 268 g/mol. The van der Waals surface area contributed by atoms with Crippen LogP contribution in [0.25, 0.3) is 0 Å². The van der Waals surface area contributed by atoms with Crippen molar-refractivity contribution in [2.75, 3.05) is 17.7 Å². The zero-order valence-corrected chi connectivity index (χ0v) is 10.7. The third kappa shape index (κ3) is 3.46. The maximum absolute atomic E-state index is 11.8. The quantitative estimate of drug-likeness (QED) is 0.794. The van der Waals surface area contributed by atoms with Crippen LogP contribution in [0.15, 0.2) is 6.20 Å². The third-order valence-electron chi connectivity index (χ3n) is 2.25. The fraction of sp³-hybridized carbons (Fsp3) is 0.455. The van der Waals surface area contributed by atoms with Gasteiger partial charge in [0.05, 0.1) is 16.3 Å². The van der Waals surface area contributed by atoms with Gasteiger partial charge in [-0.2, -0.15) is 0 Å². The molecule has 1 atom stereocenters. The molecule has 0 aliphatic carbocycles. The molecule has 0 saturated carbocycles. The Kier molecular flexibility index (Phi) is 4.42. The van der Waals surface area contributed by atoms with Crippen LogP contribution in [-0.4, -0.2) is 33.6 Å². The van der Waals surface area contributed by atoms with Gasteiger partial charge < -0.3 is 10.4 Å². The van der Waals surface area contributed by atoms with Crippen LogP contribution in [0.1, 0.15) is 17.7 Å². The zero-order valence-electron chi connectivity index (χ0n) is 9.10. The second-order valence-electron chi connectivity index (χ2n) is 3.48. The highest BCUT2D eigenvalue weighted by Gasteiger charge is 2.23.